The summed E-state index contributed by atoms with van der Waals surface area (Å²) in [4.78, 5) is 26.4. The van der Waals surface area contributed by atoms with Crippen LogP contribution < -0.4 is 10.6 Å². The summed E-state index contributed by atoms with van der Waals surface area (Å²) in [6, 6.07) is 7.65. The standard InChI is InChI=1S/C16H21N3O2/c1-2-14-15(20)17-7-8-19(14)16(21)13-9-11-5-3-4-6-12(11)10-18-13/h3-6,13-14,18H,2,7-10H2,1H3,(H,17,20)/t13-,14?/m1/s1. The smallest absolute Gasteiger partial charge is 0.242 e. The Balaban J connectivity index is 1.75. The lowest BCUT2D eigenvalue weighted by molar-refractivity contribution is -0.145. The molecule has 112 valence electrons. The average molecular weight is 287 g/mol. The van der Waals surface area contributed by atoms with Crippen LogP contribution in [0.2, 0.25) is 0 Å². The molecule has 21 heavy (non-hydrogen) atoms. The molecule has 0 aliphatic carbocycles. The third-order valence-corrected chi connectivity index (χ3v) is 4.38. The largest absolute Gasteiger partial charge is 0.353 e. The van der Waals surface area contributed by atoms with E-state index in [9.17, 15) is 9.59 Å². The van der Waals surface area contributed by atoms with E-state index in [-0.39, 0.29) is 23.9 Å². The van der Waals surface area contributed by atoms with Crippen LogP contribution in [0.1, 0.15) is 24.5 Å². The molecule has 0 saturated carbocycles. The van der Waals surface area contributed by atoms with Gasteiger partial charge in [-0.25, -0.2) is 0 Å². The summed E-state index contributed by atoms with van der Waals surface area (Å²) in [5.41, 5.74) is 2.48. The number of hydrogen-bond donors (Lipinski definition) is 2. The van der Waals surface area contributed by atoms with Crippen molar-refractivity contribution in [2.24, 2.45) is 0 Å². The van der Waals surface area contributed by atoms with Crippen molar-refractivity contribution in [1.29, 1.82) is 0 Å². The highest BCUT2D eigenvalue weighted by Crippen LogP contribution is 2.19. The number of hydrogen-bond acceptors (Lipinski definition) is 3. The lowest BCUT2D eigenvalue weighted by atomic mass is 9.94. The van der Waals surface area contributed by atoms with Crippen LogP contribution in [0.5, 0.6) is 0 Å². The monoisotopic (exact) mass is 287 g/mol. The molecule has 1 saturated heterocycles. The third kappa shape index (κ3) is 2.65. The van der Waals surface area contributed by atoms with Crippen molar-refractivity contribution < 1.29 is 9.59 Å². The highest BCUT2D eigenvalue weighted by molar-refractivity contribution is 5.91. The Hall–Kier alpha value is -1.88. The summed E-state index contributed by atoms with van der Waals surface area (Å²) in [7, 11) is 0. The number of carbonyl (C=O) groups is 2. The summed E-state index contributed by atoms with van der Waals surface area (Å²) in [5, 5.41) is 6.14. The third-order valence-electron chi connectivity index (χ3n) is 4.38. The zero-order valence-electron chi connectivity index (χ0n) is 12.3. The molecular weight excluding hydrogens is 266 g/mol. The minimum atomic E-state index is -0.328. The maximum absolute atomic E-state index is 12.8. The number of nitrogens with zero attached hydrogens (tertiary/aromatic N) is 1. The van der Waals surface area contributed by atoms with Crippen LogP contribution in [0.4, 0.5) is 0 Å². The number of nitrogens with one attached hydrogen (secondary N) is 2. The van der Waals surface area contributed by atoms with Gasteiger partial charge in [0.1, 0.15) is 6.04 Å². The van der Waals surface area contributed by atoms with Crippen LogP contribution in [0.25, 0.3) is 0 Å². The Morgan fingerprint density at radius 2 is 2.10 bits per heavy atom. The average Bonchev–Trinajstić information content (AvgIpc) is 2.53. The molecule has 1 aromatic rings. The van der Waals surface area contributed by atoms with Gasteiger partial charge in [0.2, 0.25) is 11.8 Å². The molecule has 2 N–H and O–H groups in total. The lowest BCUT2D eigenvalue weighted by Gasteiger charge is -2.38. The number of benzene rings is 1. The fourth-order valence-electron chi connectivity index (χ4n) is 3.21. The van der Waals surface area contributed by atoms with Crippen LogP contribution in [0.15, 0.2) is 24.3 Å². The predicted octanol–water partition coefficient (Wildman–Crippen LogP) is 0.438. The summed E-state index contributed by atoms with van der Waals surface area (Å²) >= 11 is 0. The van der Waals surface area contributed by atoms with Crippen molar-refractivity contribution in [3.8, 4) is 0 Å². The molecule has 0 spiro atoms. The van der Waals surface area contributed by atoms with Crippen molar-refractivity contribution in [2.75, 3.05) is 13.1 Å². The van der Waals surface area contributed by atoms with Gasteiger partial charge in [-0.3, -0.25) is 9.59 Å². The van der Waals surface area contributed by atoms with E-state index in [0.29, 0.717) is 32.5 Å². The molecule has 5 heteroatoms. The fraction of sp³-hybridized carbons (Fsp3) is 0.500. The normalized spacial score (nSPS) is 25.2. The molecule has 0 aromatic heterocycles. The van der Waals surface area contributed by atoms with E-state index < -0.39 is 0 Å². The quantitative estimate of drug-likeness (QED) is 0.829. The van der Waals surface area contributed by atoms with Gasteiger partial charge in [-0.15, -0.1) is 0 Å². The van der Waals surface area contributed by atoms with Crippen molar-refractivity contribution >= 4 is 11.8 Å². The van der Waals surface area contributed by atoms with Crippen molar-refractivity contribution in [1.82, 2.24) is 15.5 Å². The first-order chi connectivity index (χ1) is 10.2. The Morgan fingerprint density at radius 3 is 2.86 bits per heavy atom. The summed E-state index contributed by atoms with van der Waals surface area (Å²) in [6.45, 7) is 3.80. The summed E-state index contributed by atoms with van der Waals surface area (Å²) < 4.78 is 0. The van der Waals surface area contributed by atoms with Gasteiger partial charge in [0.15, 0.2) is 0 Å². The number of carbonyl (C=O) groups excluding carboxylic acids is 2. The van der Waals surface area contributed by atoms with Gasteiger partial charge in [-0.1, -0.05) is 31.2 Å². The van der Waals surface area contributed by atoms with E-state index in [1.807, 2.05) is 19.1 Å². The minimum Gasteiger partial charge on any atom is -0.353 e. The highest BCUT2D eigenvalue weighted by Gasteiger charge is 2.36. The van der Waals surface area contributed by atoms with Gasteiger partial charge in [-0.05, 0) is 24.0 Å². The Labute approximate surface area is 124 Å². The van der Waals surface area contributed by atoms with Crippen LogP contribution in [-0.2, 0) is 22.6 Å². The maximum Gasteiger partial charge on any atom is 0.242 e. The minimum absolute atomic E-state index is 0.0340. The zero-order valence-corrected chi connectivity index (χ0v) is 12.3. The van der Waals surface area contributed by atoms with Crippen LogP contribution in [0, 0.1) is 0 Å². The number of amides is 2. The molecule has 1 aromatic carbocycles. The molecule has 2 aliphatic heterocycles. The molecule has 1 unspecified atom stereocenters. The molecule has 5 nitrogen and oxygen atoms in total. The van der Waals surface area contributed by atoms with Crippen LogP contribution in [0.3, 0.4) is 0 Å². The van der Waals surface area contributed by atoms with Crippen LogP contribution >= 0.6 is 0 Å². The molecule has 2 amide bonds. The molecule has 0 radical (unpaired) electrons. The van der Waals surface area contributed by atoms with Gasteiger partial charge in [0, 0.05) is 19.6 Å². The van der Waals surface area contributed by atoms with Crippen LogP contribution in [-0.4, -0.2) is 41.9 Å². The van der Waals surface area contributed by atoms with E-state index in [2.05, 4.69) is 22.8 Å². The summed E-state index contributed by atoms with van der Waals surface area (Å²) in [5.74, 6) is 0.0134. The Kier molecular flexibility index (Phi) is 3.92. The topological polar surface area (TPSA) is 61.4 Å². The van der Waals surface area contributed by atoms with E-state index in [4.69, 9.17) is 0 Å². The highest BCUT2D eigenvalue weighted by atomic mass is 16.2. The second kappa shape index (κ2) is 5.85. The first kappa shape index (κ1) is 14.1. The molecular formula is C16H21N3O2. The molecule has 2 atom stereocenters. The van der Waals surface area contributed by atoms with E-state index >= 15 is 0 Å². The molecule has 2 heterocycles. The van der Waals surface area contributed by atoms with Gasteiger partial charge in [0.25, 0.3) is 0 Å². The molecule has 1 fully saturated rings. The van der Waals surface area contributed by atoms with Gasteiger partial charge >= 0.3 is 0 Å². The molecule has 2 aliphatic rings. The number of rotatable bonds is 2. The first-order valence-corrected chi connectivity index (χ1v) is 7.59. The maximum atomic E-state index is 12.8. The Morgan fingerprint density at radius 1 is 1.33 bits per heavy atom. The lowest BCUT2D eigenvalue weighted by Crippen LogP contribution is -2.61. The molecule has 0 bridgehead atoms. The summed E-state index contributed by atoms with van der Waals surface area (Å²) in [6.07, 6.45) is 1.35. The van der Waals surface area contributed by atoms with Gasteiger partial charge in [0.05, 0.1) is 6.04 Å². The SMILES string of the molecule is CCC1C(=O)NCCN1C(=O)[C@H]1Cc2ccccc2CN1. The van der Waals surface area contributed by atoms with E-state index in [1.165, 1.54) is 11.1 Å². The van der Waals surface area contributed by atoms with E-state index in [0.717, 1.165) is 0 Å². The Bertz CT molecular complexity index is 558. The molecule has 3 rings (SSSR count). The predicted molar refractivity (Wildman–Crippen MR) is 79.6 cm³/mol. The second-order valence-corrected chi connectivity index (χ2v) is 5.65. The van der Waals surface area contributed by atoms with Gasteiger partial charge < -0.3 is 15.5 Å². The van der Waals surface area contributed by atoms with Gasteiger partial charge in [-0.2, -0.15) is 0 Å². The number of piperazine rings is 1. The van der Waals surface area contributed by atoms with E-state index in [1.54, 1.807) is 4.90 Å². The number of fused-ring (bicyclic) bond motifs is 1. The van der Waals surface area contributed by atoms with Crippen molar-refractivity contribution in [3.63, 3.8) is 0 Å². The zero-order chi connectivity index (χ0) is 14.8. The van der Waals surface area contributed by atoms with Crippen molar-refractivity contribution in [2.45, 2.75) is 38.4 Å². The van der Waals surface area contributed by atoms with Crippen molar-refractivity contribution in [3.05, 3.63) is 35.4 Å². The first-order valence-electron chi connectivity index (χ1n) is 7.59. The second-order valence-electron chi connectivity index (χ2n) is 5.65. The fourth-order valence-corrected chi connectivity index (χ4v) is 3.21.